The summed E-state index contributed by atoms with van der Waals surface area (Å²) >= 11 is 11.0. The predicted molar refractivity (Wildman–Crippen MR) is 457 cm³/mol. The molecule has 4 amide bonds. The number of benzene rings is 8. The minimum absolute atomic E-state index is 0.0894. The van der Waals surface area contributed by atoms with Crippen molar-refractivity contribution >= 4 is 103 Å². The Balaban J connectivity index is 0.000000124. The lowest BCUT2D eigenvalue weighted by atomic mass is 9.98. The number of nitriles is 2. The van der Waals surface area contributed by atoms with Gasteiger partial charge < -0.3 is 50.8 Å². The molecule has 0 saturated carbocycles. The Kier molecular flexibility index (Phi) is 25.4. The smallest absolute Gasteiger partial charge is 0.291 e. The number of nitrogens with one attached hydrogen (secondary N) is 5. The number of hydrogen-bond donors (Lipinski definition) is 7. The van der Waals surface area contributed by atoms with Crippen LogP contribution in [0.3, 0.4) is 0 Å². The van der Waals surface area contributed by atoms with Gasteiger partial charge in [-0.15, -0.1) is 34.0 Å². The molecule has 0 unspecified atom stereocenters. The molecule has 0 saturated heterocycles. The van der Waals surface area contributed by atoms with Gasteiger partial charge in [-0.2, -0.15) is 15.6 Å². The highest BCUT2D eigenvalue weighted by Crippen LogP contribution is 2.41. The number of aliphatic hydroxyl groups excluding tert-OH is 2. The summed E-state index contributed by atoms with van der Waals surface area (Å²) in [5.74, 6) is 0.0784. The standard InChI is InChI=1S/C25H25N5O4.C22H19ClN4OS.C22H23N3O2S.C20H15FN4OS/c1-29-21-7-8-30(9-10-31)15-20(21)27-24(29)25(32)28-19-4-2-3-17(18(19)14-26)16-5-6-22-23(13-16)34-12-11-33-22;1-27-18-10-5-6-13(15(18)12-24-27)14-7-4-9-17(20(14)23)25-21(28)22-26-16-8-2-3-11-19(16)29-22;1-15-17(16-6-3-2-4-7-16)8-5-9-18(15)23-21(27)22-24-19-10-11-25(12-13-26)14-20(19)28-22;21-15-6-2-1-4-13(15)12-5-3-7-16(14(12)10-22)24-19(26)20-25-17-8-9-23-11-18(17)27-20/h2-6,13,31H,7-12,15H2,1H3,(H,28,32);4-7,9-10,12H,2-3,8,11H2,1H3,(H,25,28);2-9,26H,10-14H2,1H3,(H,23,27);1-7,23H,8-9,11H2,(H,24,26). The molecule has 29 heteroatoms. The van der Waals surface area contributed by atoms with Crippen LogP contribution in [0.25, 0.3) is 55.4 Å². The summed E-state index contributed by atoms with van der Waals surface area (Å²) in [5.41, 5.74) is 16.0. The summed E-state index contributed by atoms with van der Waals surface area (Å²) in [6, 6.07) is 54.3. The zero-order valence-corrected chi connectivity index (χ0v) is 68.1. The van der Waals surface area contributed by atoms with E-state index in [9.17, 15) is 39.2 Å². The Morgan fingerprint density at radius 3 is 1.81 bits per heavy atom. The molecule has 118 heavy (non-hydrogen) atoms. The van der Waals surface area contributed by atoms with Gasteiger partial charge in [0.25, 0.3) is 23.6 Å². The number of aryl methyl sites for hydroxylation is 3. The van der Waals surface area contributed by atoms with Gasteiger partial charge in [0, 0.05) is 139 Å². The number of carbonyl (C=O) groups excluding carboxylic acids is 4. The van der Waals surface area contributed by atoms with Crippen molar-refractivity contribution in [3.63, 3.8) is 0 Å². The highest BCUT2D eigenvalue weighted by molar-refractivity contribution is 7.14. The maximum atomic E-state index is 14.2. The summed E-state index contributed by atoms with van der Waals surface area (Å²) < 4.78 is 29.1. The van der Waals surface area contributed by atoms with Gasteiger partial charge in [0.2, 0.25) is 0 Å². The van der Waals surface area contributed by atoms with Crippen LogP contribution in [0.2, 0.25) is 5.02 Å². The second-order valence-electron chi connectivity index (χ2n) is 28.5. The van der Waals surface area contributed by atoms with E-state index >= 15 is 0 Å². The van der Waals surface area contributed by atoms with Crippen LogP contribution in [-0.4, -0.2) is 137 Å². The van der Waals surface area contributed by atoms with Crippen LogP contribution in [0, 0.1) is 35.4 Å². The van der Waals surface area contributed by atoms with Crippen molar-refractivity contribution in [3.8, 4) is 68.1 Å². The second kappa shape index (κ2) is 37.0. The molecule has 4 aliphatic heterocycles. The van der Waals surface area contributed by atoms with Crippen LogP contribution in [0.5, 0.6) is 11.5 Å². The highest BCUT2D eigenvalue weighted by Gasteiger charge is 2.30. The second-order valence-corrected chi connectivity index (χ2v) is 32.2. The molecule has 0 fully saturated rings. The first-order valence-electron chi connectivity index (χ1n) is 38.7. The van der Waals surface area contributed by atoms with E-state index in [-0.39, 0.29) is 42.4 Å². The largest absolute Gasteiger partial charge is 0.486 e. The van der Waals surface area contributed by atoms with Crippen LogP contribution in [0.15, 0.2) is 170 Å². The molecule has 1 aliphatic carbocycles. The number of rotatable bonds is 16. The zero-order valence-electron chi connectivity index (χ0n) is 64.8. The number of fused-ring (bicyclic) bond motifs is 6. The van der Waals surface area contributed by atoms with E-state index < -0.39 is 5.82 Å². The molecule has 0 atom stereocenters. The number of hydrogen-bond acceptors (Lipinski definition) is 21. The molecule has 0 radical (unpaired) electrons. The zero-order chi connectivity index (χ0) is 81.9. The van der Waals surface area contributed by atoms with Gasteiger partial charge in [-0.05, 0) is 109 Å². The van der Waals surface area contributed by atoms with Crippen molar-refractivity contribution in [2.24, 2.45) is 14.1 Å². The molecule has 598 valence electrons. The van der Waals surface area contributed by atoms with E-state index in [0.29, 0.717) is 116 Å². The number of amides is 4. The van der Waals surface area contributed by atoms with E-state index in [1.165, 1.54) is 51.4 Å². The van der Waals surface area contributed by atoms with Gasteiger partial charge in [-0.1, -0.05) is 127 Å². The maximum absolute atomic E-state index is 14.2. The number of ether oxygens (including phenoxy) is 2. The fourth-order valence-corrected chi connectivity index (χ4v) is 18.4. The van der Waals surface area contributed by atoms with Crippen molar-refractivity contribution in [1.82, 2.24) is 49.4 Å². The lowest BCUT2D eigenvalue weighted by molar-refractivity contribution is 0.100. The third kappa shape index (κ3) is 17.9. The number of halogens is 2. The minimum Gasteiger partial charge on any atom is -0.486 e. The van der Waals surface area contributed by atoms with Gasteiger partial charge in [0.15, 0.2) is 32.3 Å². The van der Waals surface area contributed by atoms with Gasteiger partial charge in [-0.3, -0.25) is 33.7 Å². The number of nitrogens with zero attached hydrogens (tertiary/aromatic N) is 11. The topological polar surface area (TPSA) is 316 Å². The number of aliphatic hydroxyl groups is 2. The first-order valence-corrected chi connectivity index (χ1v) is 41.5. The van der Waals surface area contributed by atoms with Crippen molar-refractivity contribution < 1.29 is 43.3 Å². The average molecular weight is 1650 g/mol. The maximum Gasteiger partial charge on any atom is 0.291 e. The molecule has 7 N–H and O–H groups in total. The fourth-order valence-electron chi connectivity index (χ4n) is 15.0. The van der Waals surface area contributed by atoms with Gasteiger partial charge >= 0.3 is 0 Å². The number of anilines is 4. The average Bonchev–Trinajstić information content (AvgIpc) is 1.55. The van der Waals surface area contributed by atoms with Crippen LogP contribution in [0.1, 0.15) is 113 Å². The van der Waals surface area contributed by atoms with Crippen LogP contribution in [-0.2, 0) is 65.8 Å². The monoisotopic (exact) mass is 1650 g/mol. The van der Waals surface area contributed by atoms with Crippen LogP contribution in [0.4, 0.5) is 27.1 Å². The molecule has 9 heterocycles. The first-order chi connectivity index (χ1) is 57.5. The molecule has 13 aromatic rings. The lowest BCUT2D eigenvalue weighted by Gasteiger charge is -2.25. The van der Waals surface area contributed by atoms with E-state index in [1.807, 2.05) is 127 Å². The molecule has 5 aromatic heterocycles. The molecule has 5 aliphatic rings. The van der Waals surface area contributed by atoms with E-state index in [1.54, 1.807) is 48.5 Å². The Hall–Kier alpha value is -12.2. The van der Waals surface area contributed by atoms with Crippen molar-refractivity contribution in [3.05, 3.63) is 261 Å². The Morgan fingerprint density at radius 2 is 1.10 bits per heavy atom. The van der Waals surface area contributed by atoms with Crippen LogP contribution < -0.4 is 36.1 Å². The number of β-amino-alcohol motifs (C(OH)–C–C–N with tert-alkyl or cyclic N) is 2. The predicted octanol–water partition coefficient (Wildman–Crippen LogP) is 15.3. The Morgan fingerprint density at radius 1 is 0.542 bits per heavy atom. The van der Waals surface area contributed by atoms with E-state index in [0.717, 1.165) is 153 Å². The van der Waals surface area contributed by atoms with Gasteiger partial charge in [0.1, 0.15) is 31.2 Å². The highest BCUT2D eigenvalue weighted by atomic mass is 35.5. The number of thiazole rings is 3. The van der Waals surface area contributed by atoms with Gasteiger partial charge in [0.05, 0.1) is 80.9 Å². The number of aromatic nitrogens is 7. The Labute approximate surface area is 697 Å². The third-order valence-corrected chi connectivity index (χ3v) is 24.8. The summed E-state index contributed by atoms with van der Waals surface area (Å²) in [6.45, 7) is 9.08. The molecule has 18 rings (SSSR count). The Bertz CT molecular complexity index is 6000. The minimum atomic E-state index is -0.419. The summed E-state index contributed by atoms with van der Waals surface area (Å²) in [7, 11) is 3.75. The van der Waals surface area contributed by atoms with Crippen molar-refractivity contribution in [2.75, 3.05) is 80.4 Å². The van der Waals surface area contributed by atoms with Crippen LogP contribution >= 0.6 is 45.6 Å². The first kappa shape index (κ1) is 81.0. The number of imidazole rings is 1. The van der Waals surface area contributed by atoms with Crippen molar-refractivity contribution in [2.45, 2.75) is 71.5 Å². The van der Waals surface area contributed by atoms with Gasteiger partial charge in [-0.25, -0.2) is 24.3 Å². The van der Waals surface area contributed by atoms with E-state index in [2.05, 4.69) is 91.8 Å². The molecule has 0 spiro atoms. The molecule has 24 nitrogen and oxygen atoms in total. The normalized spacial score (nSPS) is 13.8. The van der Waals surface area contributed by atoms with Crippen molar-refractivity contribution in [1.29, 1.82) is 10.5 Å². The molecular formula is C89H82ClFN16O8S3. The molecular weight excluding hydrogens is 1570 g/mol. The summed E-state index contributed by atoms with van der Waals surface area (Å²) in [4.78, 5) is 77.3. The van der Waals surface area contributed by atoms with E-state index in [4.69, 9.17) is 26.2 Å². The molecule has 0 bridgehead atoms. The SMILES string of the molecule is Cc1c(NC(=O)c2nc3c(s2)CN(CCO)CC3)cccc1-c1ccccc1.Cn1c(C(=O)Nc2cccc(-c3ccc4c(c3)OCCO4)c2C#N)nc2c1CCN(CCO)C2.Cn1ncc2c(-c3cccc(NC(=O)c4nc5c(s4)CCCC5)c3Cl)cccc21.N#Cc1c(NC(=O)c2nc3c(s2)CNCC3)cccc1-c1ccccc1F. The summed E-state index contributed by atoms with van der Waals surface area (Å²) in [6.07, 6.45) is 8.51. The quantitative estimate of drug-likeness (QED) is 0.0473. The summed E-state index contributed by atoms with van der Waals surface area (Å²) in [5, 5.41) is 60.1. The molecule has 8 aromatic carbocycles. The number of carbonyl (C=O) groups is 4. The lowest BCUT2D eigenvalue weighted by Crippen LogP contribution is -2.33. The fraction of sp³-hybridized carbons (Fsp3) is 0.247. The third-order valence-electron chi connectivity index (χ3n) is 21.1.